The Bertz CT molecular complexity index is 608. The van der Waals surface area contributed by atoms with E-state index in [0.29, 0.717) is 12.1 Å². The van der Waals surface area contributed by atoms with Crippen LogP contribution < -0.4 is 5.56 Å². The summed E-state index contributed by atoms with van der Waals surface area (Å²) >= 11 is 0. The Morgan fingerprint density at radius 1 is 1.18 bits per heavy atom. The van der Waals surface area contributed by atoms with E-state index in [1.165, 1.54) is 18.2 Å². The second-order valence-electron chi connectivity index (χ2n) is 5.52. The van der Waals surface area contributed by atoms with Crippen molar-refractivity contribution in [2.45, 2.75) is 27.3 Å². The Morgan fingerprint density at radius 2 is 1.82 bits per heavy atom. The quantitative estimate of drug-likeness (QED) is 0.741. The fraction of sp³-hybridized carbons (Fsp3) is 0.357. The van der Waals surface area contributed by atoms with E-state index in [9.17, 15) is 9.18 Å². The monoisotopic (exact) mass is 233 g/mol. The lowest BCUT2D eigenvalue weighted by atomic mass is 9.96. The molecule has 0 bridgehead atoms. The standard InChI is InChI=1S/C14H16FNO/c1-14(2,3)9-16-12-8-11(15)6-4-10(12)5-7-13(16)17/h4-8H,9H2,1-3H3. The van der Waals surface area contributed by atoms with E-state index in [2.05, 4.69) is 20.8 Å². The van der Waals surface area contributed by atoms with Crippen LogP contribution in [0.5, 0.6) is 0 Å². The molecule has 0 fully saturated rings. The zero-order chi connectivity index (χ0) is 12.6. The van der Waals surface area contributed by atoms with E-state index in [0.717, 1.165) is 5.39 Å². The largest absolute Gasteiger partial charge is 0.308 e. The van der Waals surface area contributed by atoms with Crippen LogP contribution in [0.25, 0.3) is 10.9 Å². The van der Waals surface area contributed by atoms with E-state index in [1.54, 1.807) is 16.7 Å². The molecule has 0 atom stereocenters. The van der Waals surface area contributed by atoms with E-state index in [4.69, 9.17) is 0 Å². The van der Waals surface area contributed by atoms with E-state index >= 15 is 0 Å². The summed E-state index contributed by atoms with van der Waals surface area (Å²) in [5.41, 5.74) is 0.551. The smallest absolute Gasteiger partial charge is 0.251 e. The average molecular weight is 233 g/mol. The lowest BCUT2D eigenvalue weighted by molar-refractivity contribution is 0.344. The molecule has 0 aliphatic carbocycles. The van der Waals surface area contributed by atoms with Crippen LogP contribution in [0, 0.1) is 11.2 Å². The summed E-state index contributed by atoms with van der Waals surface area (Å²) in [7, 11) is 0. The third-order valence-electron chi connectivity index (χ3n) is 2.59. The third-order valence-corrected chi connectivity index (χ3v) is 2.59. The number of rotatable bonds is 1. The maximum atomic E-state index is 13.3. The average Bonchev–Trinajstić information content (AvgIpc) is 2.21. The number of halogens is 1. The Kier molecular flexibility index (Phi) is 2.77. The number of pyridine rings is 1. The Hall–Kier alpha value is -1.64. The first-order valence-electron chi connectivity index (χ1n) is 5.66. The van der Waals surface area contributed by atoms with Crippen molar-refractivity contribution in [2.24, 2.45) is 5.41 Å². The first-order chi connectivity index (χ1) is 7.87. The SMILES string of the molecule is CC(C)(C)Cn1c(=O)ccc2ccc(F)cc21. The summed E-state index contributed by atoms with van der Waals surface area (Å²) in [6, 6.07) is 7.79. The second-order valence-corrected chi connectivity index (χ2v) is 5.52. The number of benzene rings is 1. The molecule has 2 nitrogen and oxygen atoms in total. The molecular weight excluding hydrogens is 217 g/mol. The van der Waals surface area contributed by atoms with Crippen molar-refractivity contribution < 1.29 is 4.39 Å². The molecule has 2 rings (SSSR count). The van der Waals surface area contributed by atoms with Crippen molar-refractivity contribution in [1.29, 1.82) is 0 Å². The van der Waals surface area contributed by atoms with Gasteiger partial charge in [0.05, 0.1) is 5.52 Å². The maximum absolute atomic E-state index is 13.3. The van der Waals surface area contributed by atoms with Crippen molar-refractivity contribution in [3.8, 4) is 0 Å². The zero-order valence-electron chi connectivity index (χ0n) is 10.3. The highest BCUT2D eigenvalue weighted by atomic mass is 19.1. The Labute approximate surface area is 99.7 Å². The topological polar surface area (TPSA) is 22.0 Å². The predicted octanol–water partition coefficient (Wildman–Crippen LogP) is 3.19. The van der Waals surface area contributed by atoms with Gasteiger partial charge in [0.2, 0.25) is 0 Å². The molecule has 2 aromatic rings. The highest BCUT2D eigenvalue weighted by molar-refractivity contribution is 5.78. The van der Waals surface area contributed by atoms with Gasteiger partial charge in [-0.2, -0.15) is 0 Å². The van der Waals surface area contributed by atoms with Crippen LogP contribution in [0.15, 0.2) is 35.1 Å². The molecule has 0 amide bonds. The fourth-order valence-corrected chi connectivity index (χ4v) is 1.90. The van der Waals surface area contributed by atoms with Crippen LogP contribution in [-0.2, 0) is 6.54 Å². The van der Waals surface area contributed by atoms with E-state index < -0.39 is 0 Å². The van der Waals surface area contributed by atoms with Gasteiger partial charge in [-0.1, -0.05) is 20.8 Å². The molecule has 0 saturated heterocycles. The lowest BCUT2D eigenvalue weighted by Crippen LogP contribution is -2.26. The van der Waals surface area contributed by atoms with Crippen LogP contribution >= 0.6 is 0 Å². The number of hydrogen-bond donors (Lipinski definition) is 0. The predicted molar refractivity (Wildman–Crippen MR) is 67.6 cm³/mol. The number of nitrogens with zero attached hydrogens (tertiary/aromatic N) is 1. The molecule has 17 heavy (non-hydrogen) atoms. The van der Waals surface area contributed by atoms with Crippen molar-refractivity contribution in [3.05, 3.63) is 46.5 Å². The molecule has 0 radical (unpaired) electrons. The first kappa shape index (κ1) is 11.8. The van der Waals surface area contributed by atoms with Gasteiger partial charge in [0.25, 0.3) is 5.56 Å². The summed E-state index contributed by atoms with van der Waals surface area (Å²) < 4.78 is 14.9. The number of hydrogen-bond acceptors (Lipinski definition) is 1. The van der Waals surface area contributed by atoms with Gasteiger partial charge < -0.3 is 4.57 Å². The van der Waals surface area contributed by atoms with Gasteiger partial charge in [-0.05, 0) is 35.1 Å². The number of aromatic nitrogens is 1. The van der Waals surface area contributed by atoms with Crippen LogP contribution in [0.1, 0.15) is 20.8 Å². The molecule has 0 unspecified atom stereocenters. The zero-order valence-corrected chi connectivity index (χ0v) is 10.3. The molecule has 0 aliphatic heterocycles. The minimum atomic E-state index is -0.314. The summed E-state index contributed by atoms with van der Waals surface area (Å²) in [6.07, 6.45) is 0. The number of fused-ring (bicyclic) bond motifs is 1. The minimum absolute atomic E-state index is 0.0234. The van der Waals surface area contributed by atoms with Crippen molar-refractivity contribution in [3.63, 3.8) is 0 Å². The molecule has 3 heteroatoms. The van der Waals surface area contributed by atoms with Gasteiger partial charge in [0.1, 0.15) is 5.82 Å². The lowest BCUT2D eigenvalue weighted by Gasteiger charge is -2.21. The van der Waals surface area contributed by atoms with E-state index in [-0.39, 0.29) is 16.8 Å². The van der Waals surface area contributed by atoms with Crippen molar-refractivity contribution in [2.75, 3.05) is 0 Å². The maximum Gasteiger partial charge on any atom is 0.251 e. The fourth-order valence-electron chi connectivity index (χ4n) is 1.90. The van der Waals surface area contributed by atoms with Crippen molar-refractivity contribution in [1.82, 2.24) is 4.57 Å². The highest BCUT2D eigenvalue weighted by Crippen LogP contribution is 2.20. The van der Waals surface area contributed by atoms with Crippen LogP contribution in [0.3, 0.4) is 0 Å². The van der Waals surface area contributed by atoms with Crippen LogP contribution in [-0.4, -0.2) is 4.57 Å². The molecule has 0 N–H and O–H groups in total. The molecular formula is C14H16FNO. The molecule has 1 aromatic carbocycles. The summed E-state index contributed by atoms with van der Waals surface area (Å²) in [4.78, 5) is 11.9. The summed E-state index contributed by atoms with van der Waals surface area (Å²) in [6.45, 7) is 6.74. The first-order valence-corrected chi connectivity index (χ1v) is 5.66. The molecule has 0 saturated carbocycles. The van der Waals surface area contributed by atoms with Gasteiger partial charge in [-0.3, -0.25) is 4.79 Å². The molecule has 1 aromatic heterocycles. The second kappa shape index (κ2) is 3.99. The molecule has 1 heterocycles. The molecule has 0 aliphatic rings. The molecule has 90 valence electrons. The van der Waals surface area contributed by atoms with Gasteiger partial charge in [0.15, 0.2) is 0 Å². The Balaban J connectivity index is 2.71. The minimum Gasteiger partial charge on any atom is -0.308 e. The third kappa shape index (κ3) is 2.54. The van der Waals surface area contributed by atoms with Gasteiger partial charge in [-0.25, -0.2) is 4.39 Å². The van der Waals surface area contributed by atoms with Crippen LogP contribution in [0.2, 0.25) is 0 Å². The highest BCUT2D eigenvalue weighted by Gasteiger charge is 2.14. The normalized spacial score (nSPS) is 12.0. The Morgan fingerprint density at radius 3 is 2.47 bits per heavy atom. The summed E-state index contributed by atoms with van der Waals surface area (Å²) in [5, 5.41) is 0.884. The van der Waals surface area contributed by atoms with Crippen molar-refractivity contribution >= 4 is 10.9 Å². The molecule has 0 spiro atoms. The van der Waals surface area contributed by atoms with Crippen LogP contribution in [0.4, 0.5) is 4.39 Å². The van der Waals surface area contributed by atoms with Gasteiger partial charge in [0, 0.05) is 12.6 Å². The van der Waals surface area contributed by atoms with E-state index in [1.807, 2.05) is 0 Å². The van der Waals surface area contributed by atoms with Gasteiger partial charge in [-0.15, -0.1) is 0 Å². The van der Waals surface area contributed by atoms with Gasteiger partial charge >= 0.3 is 0 Å². The summed E-state index contributed by atoms with van der Waals surface area (Å²) in [5.74, 6) is -0.314.